The summed E-state index contributed by atoms with van der Waals surface area (Å²) in [5, 5.41) is 12.7. The Morgan fingerprint density at radius 1 is 1.09 bits per heavy atom. The number of aliphatic hydroxyl groups excluding tert-OH is 1. The lowest BCUT2D eigenvalue weighted by atomic mass is 10.1. The topological polar surface area (TPSA) is 50.7 Å². The zero-order chi connectivity index (χ0) is 15.8. The maximum Gasteiger partial charge on any atom is 0.121 e. The van der Waals surface area contributed by atoms with Crippen LogP contribution in [0.15, 0.2) is 48.5 Å². The Morgan fingerprint density at radius 2 is 1.91 bits per heavy atom. The Labute approximate surface area is 131 Å². The van der Waals surface area contributed by atoms with Crippen molar-refractivity contribution in [2.75, 3.05) is 25.6 Å². The minimum atomic E-state index is 0.0589. The van der Waals surface area contributed by atoms with Gasteiger partial charge in [0.1, 0.15) is 12.4 Å². The Bertz CT molecular complexity index is 586. The number of aliphatic hydroxyl groups is 1. The van der Waals surface area contributed by atoms with Crippen molar-refractivity contribution < 1.29 is 14.6 Å². The van der Waals surface area contributed by atoms with Crippen molar-refractivity contribution >= 4 is 5.69 Å². The van der Waals surface area contributed by atoms with Crippen molar-refractivity contribution in [1.82, 2.24) is 0 Å². The summed E-state index contributed by atoms with van der Waals surface area (Å²) in [5.74, 6) is 0.818. The van der Waals surface area contributed by atoms with Gasteiger partial charge < -0.3 is 19.9 Å². The molecule has 0 aromatic heterocycles. The maximum absolute atomic E-state index is 9.23. The molecule has 1 atom stereocenters. The van der Waals surface area contributed by atoms with Gasteiger partial charge in [0.15, 0.2) is 0 Å². The van der Waals surface area contributed by atoms with E-state index in [4.69, 9.17) is 9.47 Å². The number of hydrogen-bond acceptors (Lipinski definition) is 4. The lowest BCUT2D eigenvalue weighted by molar-refractivity contribution is 0.146. The minimum absolute atomic E-state index is 0.0589. The third-order valence-electron chi connectivity index (χ3n) is 3.41. The van der Waals surface area contributed by atoms with E-state index < -0.39 is 0 Å². The van der Waals surface area contributed by atoms with Gasteiger partial charge in [0, 0.05) is 24.9 Å². The lowest BCUT2D eigenvalue weighted by Gasteiger charge is -2.17. The Balaban J connectivity index is 2.01. The predicted molar refractivity (Wildman–Crippen MR) is 88.2 cm³/mol. The van der Waals surface area contributed by atoms with Crippen LogP contribution in [-0.4, -0.2) is 25.4 Å². The van der Waals surface area contributed by atoms with Gasteiger partial charge in [0.05, 0.1) is 13.2 Å². The van der Waals surface area contributed by atoms with Gasteiger partial charge in [0.25, 0.3) is 0 Å². The van der Waals surface area contributed by atoms with Crippen LogP contribution in [0.25, 0.3) is 0 Å². The molecule has 2 N–H and O–H groups in total. The molecule has 0 aliphatic carbocycles. The SMILES string of the molecule is COCCOc1cccc(NC(C)c2cccc(CO)c2)c1. The largest absolute Gasteiger partial charge is 0.491 e. The summed E-state index contributed by atoms with van der Waals surface area (Å²) in [5.41, 5.74) is 3.05. The molecule has 4 nitrogen and oxygen atoms in total. The Kier molecular flexibility index (Phi) is 6.25. The van der Waals surface area contributed by atoms with E-state index in [0.717, 1.165) is 22.6 Å². The van der Waals surface area contributed by atoms with Gasteiger partial charge >= 0.3 is 0 Å². The molecule has 0 fully saturated rings. The number of rotatable bonds is 8. The predicted octanol–water partition coefficient (Wildman–Crippen LogP) is 3.38. The van der Waals surface area contributed by atoms with Crippen LogP contribution in [0.5, 0.6) is 5.75 Å². The molecule has 0 saturated heterocycles. The molecule has 0 bridgehead atoms. The first-order valence-corrected chi connectivity index (χ1v) is 7.41. The summed E-state index contributed by atoms with van der Waals surface area (Å²) in [6, 6.07) is 16.0. The van der Waals surface area contributed by atoms with E-state index in [-0.39, 0.29) is 12.6 Å². The summed E-state index contributed by atoms with van der Waals surface area (Å²) in [6.45, 7) is 3.26. The van der Waals surface area contributed by atoms with E-state index in [0.29, 0.717) is 13.2 Å². The molecule has 118 valence electrons. The first kappa shape index (κ1) is 16.3. The lowest BCUT2D eigenvalue weighted by Crippen LogP contribution is -2.08. The fourth-order valence-electron chi connectivity index (χ4n) is 2.21. The average molecular weight is 301 g/mol. The molecule has 0 saturated carbocycles. The second-order valence-corrected chi connectivity index (χ2v) is 5.14. The van der Waals surface area contributed by atoms with Crippen molar-refractivity contribution in [2.45, 2.75) is 19.6 Å². The quantitative estimate of drug-likeness (QED) is 0.734. The molecule has 0 spiro atoms. The van der Waals surface area contributed by atoms with E-state index in [1.165, 1.54) is 0 Å². The van der Waals surface area contributed by atoms with E-state index >= 15 is 0 Å². The van der Waals surface area contributed by atoms with E-state index in [2.05, 4.69) is 18.3 Å². The number of ether oxygens (including phenoxy) is 2. The Hall–Kier alpha value is -2.04. The zero-order valence-electron chi connectivity index (χ0n) is 13.1. The maximum atomic E-state index is 9.23. The van der Waals surface area contributed by atoms with Gasteiger partial charge in [-0.2, -0.15) is 0 Å². The van der Waals surface area contributed by atoms with Crippen LogP contribution in [0.2, 0.25) is 0 Å². The summed E-state index contributed by atoms with van der Waals surface area (Å²) in [4.78, 5) is 0. The normalized spacial score (nSPS) is 12.0. The zero-order valence-corrected chi connectivity index (χ0v) is 13.1. The van der Waals surface area contributed by atoms with Crippen molar-refractivity contribution in [1.29, 1.82) is 0 Å². The van der Waals surface area contributed by atoms with Crippen LogP contribution in [0.3, 0.4) is 0 Å². The number of anilines is 1. The van der Waals surface area contributed by atoms with Crippen LogP contribution >= 0.6 is 0 Å². The molecule has 0 heterocycles. The molecular weight excluding hydrogens is 278 g/mol. The van der Waals surface area contributed by atoms with Crippen molar-refractivity contribution in [3.8, 4) is 5.75 Å². The molecule has 0 amide bonds. The molecule has 0 radical (unpaired) electrons. The van der Waals surface area contributed by atoms with Crippen LogP contribution in [0.1, 0.15) is 24.1 Å². The monoisotopic (exact) mass is 301 g/mol. The third kappa shape index (κ3) is 4.76. The van der Waals surface area contributed by atoms with Gasteiger partial charge in [0.2, 0.25) is 0 Å². The second kappa shape index (κ2) is 8.41. The molecule has 2 aromatic carbocycles. The second-order valence-electron chi connectivity index (χ2n) is 5.14. The standard InChI is InChI=1S/C18H23NO3/c1-14(16-6-3-5-15(11-16)13-20)19-17-7-4-8-18(12-17)22-10-9-21-2/h3-8,11-12,14,19-20H,9-10,13H2,1-2H3. The van der Waals surface area contributed by atoms with Crippen molar-refractivity contribution in [3.63, 3.8) is 0 Å². The van der Waals surface area contributed by atoms with Crippen molar-refractivity contribution in [3.05, 3.63) is 59.7 Å². The summed E-state index contributed by atoms with van der Waals surface area (Å²) < 4.78 is 10.6. The number of methoxy groups -OCH3 is 1. The number of benzene rings is 2. The highest BCUT2D eigenvalue weighted by molar-refractivity contribution is 5.50. The van der Waals surface area contributed by atoms with Gasteiger partial charge in [-0.3, -0.25) is 0 Å². The highest BCUT2D eigenvalue weighted by atomic mass is 16.5. The Morgan fingerprint density at radius 3 is 2.68 bits per heavy atom. The summed E-state index contributed by atoms with van der Waals surface area (Å²) >= 11 is 0. The molecule has 2 aromatic rings. The molecular formula is C18H23NO3. The average Bonchev–Trinajstić information content (AvgIpc) is 2.55. The highest BCUT2D eigenvalue weighted by Gasteiger charge is 2.06. The number of hydrogen-bond donors (Lipinski definition) is 2. The summed E-state index contributed by atoms with van der Waals surface area (Å²) in [7, 11) is 1.66. The summed E-state index contributed by atoms with van der Waals surface area (Å²) in [6.07, 6.45) is 0. The smallest absolute Gasteiger partial charge is 0.121 e. The van der Waals surface area contributed by atoms with Gasteiger partial charge in [-0.25, -0.2) is 0 Å². The van der Waals surface area contributed by atoms with Gasteiger partial charge in [-0.15, -0.1) is 0 Å². The molecule has 1 unspecified atom stereocenters. The number of nitrogens with one attached hydrogen (secondary N) is 1. The van der Waals surface area contributed by atoms with Crippen LogP contribution in [-0.2, 0) is 11.3 Å². The molecule has 22 heavy (non-hydrogen) atoms. The van der Waals surface area contributed by atoms with Crippen LogP contribution < -0.4 is 10.1 Å². The van der Waals surface area contributed by atoms with Crippen LogP contribution in [0.4, 0.5) is 5.69 Å². The molecule has 0 aliphatic heterocycles. The molecule has 4 heteroatoms. The highest BCUT2D eigenvalue weighted by Crippen LogP contribution is 2.23. The van der Waals surface area contributed by atoms with E-state index in [1.807, 2.05) is 42.5 Å². The van der Waals surface area contributed by atoms with Gasteiger partial charge in [-0.05, 0) is 30.2 Å². The van der Waals surface area contributed by atoms with Gasteiger partial charge in [-0.1, -0.05) is 30.3 Å². The van der Waals surface area contributed by atoms with E-state index in [1.54, 1.807) is 7.11 Å². The first-order valence-electron chi connectivity index (χ1n) is 7.41. The third-order valence-corrected chi connectivity index (χ3v) is 3.41. The first-order chi connectivity index (χ1) is 10.7. The van der Waals surface area contributed by atoms with Crippen LogP contribution in [0, 0.1) is 0 Å². The van der Waals surface area contributed by atoms with Crippen molar-refractivity contribution in [2.24, 2.45) is 0 Å². The fraction of sp³-hybridized carbons (Fsp3) is 0.333. The minimum Gasteiger partial charge on any atom is -0.491 e. The van der Waals surface area contributed by atoms with E-state index in [9.17, 15) is 5.11 Å². The molecule has 2 rings (SSSR count). The molecule has 0 aliphatic rings. The fourth-order valence-corrected chi connectivity index (χ4v) is 2.21.